The molecule has 2 aliphatic rings. The van der Waals surface area contributed by atoms with E-state index in [1.165, 1.54) is 0 Å². The number of hydrogen-bond acceptors (Lipinski definition) is 3. The van der Waals surface area contributed by atoms with E-state index >= 15 is 0 Å². The summed E-state index contributed by atoms with van der Waals surface area (Å²) in [5.41, 5.74) is 0. The molecule has 1 saturated heterocycles. The fourth-order valence-electron chi connectivity index (χ4n) is 2.84. The molecule has 1 spiro atoms. The summed E-state index contributed by atoms with van der Waals surface area (Å²) in [5, 5.41) is 8.72. The molecule has 2 atom stereocenters. The molecule has 0 radical (unpaired) electrons. The van der Waals surface area contributed by atoms with Gasteiger partial charge in [0.1, 0.15) is 0 Å². The van der Waals surface area contributed by atoms with Gasteiger partial charge in [-0.15, -0.1) is 0 Å². The molecule has 1 saturated carbocycles. The molecule has 1 N–H and O–H groups in total. The van der Waals surface area contributed by atoms with Gasteiger partial charge in [0, 0.05) is 19.3 Å². The fraction of sp³-hybridized carbons (Fsp3) is 0.917. The van der Waals surface area contributed by atoms with E-state index in [0.717, 1.165) is 25.7 Å². The van der Waals surface area contributed by atoms with Gasteiger partial charge in [-0.1, -0.05) is 6.92 Å². The number of rotatable bonds is 3. The lowest BCUT2D eigenvalue weighted by Crippen LogP contribution is -2.39. The van der Waals surface area contributed by atoms with Crippen molar-refractivity contribution in [3.8, 4) is 0 Å². The zero-order chi connectivity index (χ0) is 11.6. The van der Waals surface area contributed by atoms with E-state index in [2.05, 4.69) is 6.92 Å². The van der Waals surface area contributed by atoms with Crippen LogP contribution < -0.4 is 0 Å². The summed E-state index contributed by atoms with van der Waals surface area (Å²) in [5.74, 6) is -0.0869. The number of ether oxygens (including phenoxy) is 2. The van der Waals surface area contributed by atoms with Crippen LogP contribution in [0.4, 0.5) is 0 Å². The lowest BCUT2D eigenvalue weighted by Gasteiger charge is -2.39. The van der Waals surface area contributed by atoms with Crippen LogP contribution in [-0.4, -0.2) is 30.1 Å². The lowest BCUT2D eigenvalue weighted by atomic mass is 9.75. The van der Waals surface area contributed by atoms with Gasteiger partial charge in [0.05, 0.1) is 13.2 Å². The first-order valence-corrected chi connectivity index (χ1v) is 6.11. The molecule has 1 aliphatic carbocycles. The number of carboxylic acid groups (broad SMARTS) is 1. The Bertz CT molecular complexity index is 258. The topological polar surface area (TPSA) is 55.8 Å². The highest BCUT2D eigenvalue weighted by atomic mass is 16.7. The third-order valence-corrected chi connectivity index (χ3v) is 3.90. The maximum atomic E-state index is 10.6. The first kappa shape index (κ1) is 11.9. The molecule has 0 aromatic heterocycles. The van der Waals surface area contributed by atoms with Crippen molar-refractivity contribution in [3.63, 3.8) is 0 Å². The molecular formula is C12H20O4. The van der Waals surface area contributed by atoms with Crippen molar-refractivity contribution in [1.82, 2.24) is 0 Å². The fourth-order valence-corrected chi connectivity index (χ4v) is 2.84. The summed E-state index contributed by atoms with van der Waals surface area (Å²) in [7, 11) is 0. The maximum Gasteiger partial charge on any atom is 0.303 e. The van der Waals surface area contributed by atoms with E-state index in [4.69, 9.17) is 14.6 Å². The van der Waals surface area contributed by atoms with Crippen LogP contribution in [-0.2, 0) is 14.3 Å². The van der Waals surface area contributed by atoms with Crippen LogP contribution in [0.15, 0.2) is 0 Å². The Morgan fingerprint density at radius 3 is 2.75 bits per heavy atom. The summed E-state index contributed by atoms with van der Waals surface area (Å²) < 4.78 is 11.4. The summed E-state index contributed by atoms with van der Waals surface area (Å²) in [4.78, 5) is 10.6. The van der Waals surface area contributed by atoms with Crippen LogP contribution in [0.25, 0.3) is 0 Å². The van der Waals surface area contributed by atoms with Gasteiger partial charge in [0.15, 0.2) is 5.79 Å². The molecule has 4 nitrogen and oxygen atoms in total. The maximum absolute atomic E-state index is 10.6. The van der Waals surface area contributed by atoms with E-state index in [1.807, 2.05) is 0 Å². The molecule has 1 heterocycles. The molecule has 0 aromatic carbocycles. The highest BCUT2D eigenvalue weighted by Crippen LogP contribution is 2.43. The molecule has 0 bridgehead atoms. The summed E-state index contributed by atoms with van der Waals surface area (Å²) in [6.07, 6.45) is 3.89. The number of carboxylic acids is 1. The van der Waals surface area contributed by atoms with Crippen LogP contribution in [0.5, 0.6) is 0 Å². The third-order valence-electron chi connectivity index (χ3n) is 3.90. The number of carbonyl (C=O) groups is 1. The van der Waals surface area contributed by atoms with Crippen LogP contribution in [0.3, 0.4) is 0 Å². The molecule has 2 rings (SSSR count). The Morgan fingerprint density at radius 1 is 1.44 bits per heavy atom. The van der Waals surface area contributed by atoms with Gasteiger partial charge in [0.2, 0.25) is 0 Å². The Hall–Kier alpha value is -0.610. The summed E-state index contributed by atoms with van der Waals surface area (Å²) >= 11 is 0. The van der Waals surface area contributed by atoms with E-state index in [9.17, 15) is 4.79 Å². The van der Waals surface area contributed by atoms with Crippen LogP contribution in [0, 0.1) is 11.8 Å². The number of hydrogen-bond donors (Lipinski definition) is 1. The van der Waals surface area contributed by atoms with Gasteiger partial charge in [-0.05, 0) is 24.7 Å². The van der Waals surface area contributed by atoms with Gasteiger partial charge < -0.3 is 14.6 Å². The third kappa shape index (κ3) is 2.55. The first-order valence-electron chi connectivity index (χ1n) is 6.11. The van der Waals surface area contributed by atoms with Crippen LogP contribution >= 0.6 is 0 Å². The molecule has 4 heteroatoms. The Morgan fingerprint density at radius 2 is 2.12 bits per heavy atom. The minimum absolute atomic E-state index is 0.255. The molecule has 1 aliphatic heterocycles. The van der Waals surface area contributed by atoms with Crippen LogP contribution in [0.1, 0.15) is 39.0 Å². The van der Waals surface area contributed by atoms with Gasteiger partial charge >= 0.3 is 5.97 Å². The average molecular weight is 228 g/mol. The Labute approximate surface area is 95.9 Å². The van der Waals surface area contributed by atoms with Crippen molar-refractivity contribution in [3.05, 3.63) is 0 Å². The molecule has 92 valence electrons. The van der Waals surface area contributed by atoms with E-state index < -0.39 is 5.97 Å². The smallest absolute Gasteiger partial charge is 0.303 e. The van der Waals surface area contributed by atoms with E-state index in [-0.39, 0.29) is 12.2 Å². The van der Waals surface area contributed by atoms with Gasteiger partial charge in [-0.3, -0.25) is 4.79 Å². The van der Waals surface area contributed by atoms with Crippen molar-refractivity contribution < 1.29 is 19.4 Å². The highest BCUT2D eigenvalue weighted by Gasteiger charge is 2.43. The second-order valence-corrected chi connectivity index (χ2v) is 5.02. The largest absolute Gasteiger partial charge is 0.481 e. The van der Waals surface area contributed by atoms with Crippen molar-refractivity contribution in [2.24, 2.45) is 11.8 Å². The quantitative estimate of drug-likeness (QED) is 0.803. The van der Waals surface area contributed by atoms with Gasteiger partial charge in [-0.2, -0.15) is 0 Å². The molecular weight excluding hydrogens is 208 g/mol. The van der Waals surface area contributed by atoms with Crippen molar-refractivity contribution in [2.75, 3.05) is 13.2 Å². The lowest BCUT2D eigenvalue weighted by molar-refractivity contribution is -0.194. The zero-order valence-electron chi connectivity index (χ0n) is 9.78. The average Bonchev–Trinajstić information content (AvgIpc) is 2.68. The second kappa shape index (κ2) is 4.72. The predicted molar refractivity (Wildman–Crippen MR) is 58.0 cm³/mol. The van der Waals surface area contributed by atoms with Crippen molar-refractivity contribution in [2.45, 2.75) is 44.8 Å². The van der Waals surface area contributed by atoms with E-state index in [0.29, 0.717) is 25.0 Å². The summed E-state index contributed by atoms with van der Waals surface area (Å²) in [6.45, 7) is 3.56. The van der Waals surface area contributed by atoms with Gasteiger partial charge in [-0.25, -0.2) is 0 Å². The summed E-state index contributed by atoms with van der Waals surface area (Å²) in [6, 6.07) is 0. The first-order chi connectivity index (χ1) is 7.61. The second-order valence-electron chi connectivity index (χ2n) is 5.02. The SMILES string of the molecule is CC1CCC2(CC1CCC(=O)O)OCCO2. The monoisotopic (exact) mass is 228 g/mol. The number of aliphatic carboxylic acids is 1. The predicted octanol–water partition coefficient (Wildman–Crippen LogP) is 2.03. The normalized spacial score (nSPS) is 33.1. The molecule has 2 fully saturated rings. The molecule has 0 amide bonds. The van der Waals surface area contributed by atoms with E-state index in [1.54, 1.807) is 0 Å². The standard InChI is InChI=1S/C12H20O4/c1-9-4-5-12(15-6-7-16-12)8-10(9)2-3-11(13)14/h9-10H,2-8H2,1H3,(H,13,14). The van der Waals surface area contributed by atoms with Gasteiger partial charge in [0.25, 0.3) is 0 Å². The van der Waals surface area contributed by atoms with Crippen molar-refractivity contribution >= 4 is 5.97 Å². The minimum Gasteiger partial charge on any atom is -0.481 e. The molecule has 2 unspecified atom stereocenters. The molecule has 0 aromatic rings. The van der Waals surface area contributed by atoms with Crippen molar-refractivity contribution in [1.29, 1.82) is 0 Å². The molecule has 16 heavy (non-hydrogen) atoms. The highest BCUT2D eigenvalue weighted by molar-refractivity contribution is 5.66. The minimum atomic E-state index is -0.708. The Kier molecular flexibility index (Phi) is 3.50. The zero-order valence-corrected chi connectivity index (χ0v) is 9.78. The van der Waals surface area contributed by atoms with Crippen LogP contribution in [0.2, 0.25) is 0 Å². The Balaban J connectivity index is 1.92.